The maximum atomic E-state index is 12.9. The second-order valence-corrected chi connectivity index (χ2v) is 4.72. The largest absolute Gasteiger partial charge is 0.368 e. The summed E-state index contributed by atoms with van der Waals surface area (Å²) in [6.45, 7) is 2.24. The van der Waals surface area contributed by atoms with Crippen molar-refractivity contribution in [2.24, 2.45) is 0 Å². The van der Waals surface area contributed by atoms with Gasteiger partial charge in [0.1, 0.15) is 0 Å². The Morgan fingerprint density at radius 1 is 1.11 bits per heavy atom. The summed E-state index contributed by atoms with van der Waals surface area (Å²) in [5.74, 6) is -1.77. The number of ether oxygens (including phenoxy) is 1. The summed E-state index contributed by atoms with van der Waals surface area (Å²) in [5, 5.41) is 9.60. The summed E-state index contributed by atoms with van der Waals surface area (Å²) in [6, 6.07) is 3.60. The van der Waals surface area contributed by atoms with E-state index in [1.165, 1.54) is 25.3 Å². The van der Waals surface area contributed by atoms with Crippen molar-refractivity contribution in [3.8, 4) is 0 Å². The van der Waals surface area contributed by atoms with Gasteiger partial charge in [0.25, 0.3) is 0 Å². The Hall–Kier alpha value is -1.00. The molecule has 1 rings (SSSR count). The van der Waals surface area contributed by atoms with Crippen LogP contribution in [-0.4, -0.2) is 11.4 Å². The van der Waals surface area contributed by atoms with Crippen molar-refractivity contribution < 1.29 is 18.6 Å². The molecule has 19 heavy (non-hydrogen) atoms. The lowest BCUT2D eigenvalue weighted by molar-refractivity contribution is -0.112. The summed E-state index contributed by atoms with van der Waals surface area (Å²) in [4.78, 5) is 0. The molecule has 0 spiro atoms. The van der Waals surface area contributed by atoms with Crippen LogP contribution in [0.5, 0.6) is 0 Å². The fourth-order valence-corrected chi connectivity index (χ4v) is 1.83. The van der Waals surface area contributed by atoms with Crippen molar-refractivity contribution in [2.45, 2.75) is 58.3 Å². The van der Waals surface area contributed by atoms with E-state index in [1.54, 1.807) is 0 Å². The number of rotatable bonds is 9. The summed E-state index contributed by atoms with van der Waals surface area (Å²) in [7, 11) is 0. The van der Waals surface area contributed by atoms with Crippen molar-refractivity contribution in [1.29, 1.82) is 0 Å². The lowest BCUT2D eigenvalue weighted by Gasteiger charge is -2.12. The highest BCUT2D eigenvalue weighted by molar-refractivity contribution is 5.16. The molecule has 108 valence electrons. The smallest absolute Gasteiger partial charge is 0.159 e. The Kier molecular flexibility index (Phi) is 7.60. The van der Waals surface area contributed by atoms with Crippen molar-refractivity contribution >= 4 is 0 Å². The molecule has 0 aromatic heterocycles. The van der Waals surface area contributed by atoms with Crippen LogP contribution in [0, 0.1) is 11.6 Å². The van der Waals surface area contributed by atoms with Gasteiger partial charge in [-0.2, -0.15) is 0 Å². The Labute approximate surface area is 113 Å². The number of unbranched alkanes of at least 4 members (excludes halogenated alkanes) is 4. The Bertz CT molecular complexity index is 369. The van der Waals surface area contributed by atoms with Crippen LogP contribution < -0.4 is 0 Å². The van der Waals surface area contributed by atoms with E-state index in [0.717, 1.165) is 25.0 Å². The normalized spacial score (nSPS) is 12.6. The average Bonchev–Trinajstić information content (AvgIpc) is 2.40. The zero-order chi connectivity index (χ0) is 14.1. The highest BCUT2D eigenvalue weighted by Gasteiger charge is 2.06. The summed E-state index contributed by atoms with van der Waals surface area (Å²) < 4.78 is 30.8. The summed E-state index contributed by atoms with van der Waals surface area (Å²) >= 11 is 0. The van der Waals surface area contributed by atoms with E-state index in [4.69, 9.17) is 4.74 Å². The molecule has 1 atom stereocenters. The van der Waals surface area contributed by atoms with Gasteiger partial charge in [0, 0.05) is 0 Å². The van der Waals surface area contributed by atoms with E-state index >= 15 is 0 Å². The molecule has 0 radical (unpaired) electrons. The van der Waals surface area contributed by atoms with Crippen molar-refractivity contribution in [3.05, 3.63) is 35.4 Å². The lowest BCUT2D eigenvalue weighted by Crippen LogP contribution is -2.11. The number of halogens is 2. The van der Waals surface area contributed by atoms with Gasteiger partial charge in [-0.15, -0.1) is 0 Å². The fourth-order valence-electron chi connectivity index (χ4n) is 1.83. The molecule has 0 saturated carbocycles. The zero-order valence-corrected chi connectivity index (χ0v) is 11.4. The van der Waals surface area contributed by atoms with Crippen LogP contribution in [-0.2, 0) is 11.3 Å². The van der Waals surface area contributed by atoms with Crippen LogP contribution in [0.25, 0.3) is 0 Å². The molecule has 0 aliphatic carbocycles. The van der Waals surface area contributed by atoms with E-state index in [-0.39, 0.29) is 6.61 Å². The molecule has 0 fully saturated rings. The molecular formula is C15H22F2O2. The highest BCUT2D eigenvalue weighted by atomic mass is 19.2. The number of benzene rings is 1. The first-order valence-electron chi connectivity index (χ1n) is 6.87. The molecule has 1 aromatic carbocycles. The average molecular weight is 272 g/mol. The van der Waals surface area contributed by atoms with Gasteiger partial charge < -0.3 is 9.84 Å². The van der Waals surface area contributed by atoms with Gasteiger partial charge >= 0.3 is 0 Å². The molecule has 0 amide bonds. The predicted octanol–water partition coefficient (Wildman–Crippen LogP) is 4.16. The molecule has 0 bridgehead atoms. The predicted molar refractivity (Wildman–Crippen MR) is 70.5 cm³/mol. The second-order valence-electron chi connectivity index (χ2n) is 4.72. The van der Waals surface area contributed by atoms with Gasteiger partial charge in [-0.1, -0.05) is 38.7 Å². The molecule has 0 aliphatic heterocycles. The minimum atomic E-state index is -0.893. The molecule has 1 unspecified atom stereocenters. The van der Waals surface area contributed by atoms with Crippen LogP contribution in [0.15, 0.2) is 18.2 Å². The van der Waals surface area contributed by atoms with Crippen LogP contribution in [0.3, 0.4) is 0 Å². The van der Waals surface area contributed by atoms with Crippen molar-refractivity contribution in [3.63, 3.8) is 0 Å². The van der Waals surface area contributed by atoms with Crippen molar-refractivity contribution in [2.75, 3.05) is 0 Å². The standard InChI is InChI=1S/C15H22F2O2/c1-2-3-4-5-6-7-15(18)19-11-12-8-9-13(16)14(17)10-12/h8-10,15,18H,2-7,11H2,1H3. The van der Waals surface area contributed by atoms with Crippen molar-refractivity contribution in [1.82, 2.24) is 0 Å². The van der Waals surface area contributed by atoms with E-state index < -0.39 is 17.9 Å². The van der Waals surface area contributed by atoms with Crippen LogP contribution >= 0.6 is 0 Å². The molecule has 1 N–H and O–H groups in total. The summed E-state index contributed by atoms with van der Waals surface area (Å²) in [6.07, 6.45) is 5.31. The number of hydrogen-bond acceptors (Lipinski definition) is 2. The number of hydrogen-bond donors (Lipinski definition) is 1. The van der Waals surface area contributed by atoms with Gasteiger partial charge in [0.05, 0.1) is 6.61 Å². The Morgan fingerprint density at radius 3 is 2.53 bits per heavy atom. The zero-order valence-electron chi connectivity index (χ0n) is 11.4. The third kappa shape index (κ3) is 6.64. The number of aliphatic hydroxyl groups excluding tert-OH is 1. The van der Waals surface area contributed by atoms with Gasteiger partial charge in [-0.05, 0) is 30.5 Å². The maximum absolute atomic E-state index is 12.9. The minimum Gasteiger partial charge on any atom is -0.368 e. The Morgan fingerprint density at radius 2 is 1.84 bits per heavy atom. The molecular weight excluding hydrogens is 250 g/mol. The monoisotopic (exact) mass is 272 g/mol. The fraction of sp³-hybridized carbons (Fsp3) is 0.600. The van der Waals surface area contributed by atoms with Crippen LogP contribution in [0.2, 0.25) is 0 Å². The molecule has 4 heteroatoms. The topological polar surface area (TPSA) is 29.5 Å². The maximum Gasteiger partial charge on any atom is 0.159 e. The molecule has 0 heterocycles. The molecule has 1 aromatic rings. The second kappa shape index (κ2) is 8.99. The SMILES string of the molecule is CCCCCCCC(O)OCc1ccc(F)c(F)c1. The quantitative estimate of drug-likeness (QED) is 0.540. The minimum absolute atomic E-state index is 0.0906. The third-order valence-electron chi connectivity index (χ3n) is 2.98. The summed E-state index contributed by atoms with van der Waals surface area (Å²) in [5.41, 5.74) is 0.518. The van der Waals surface area contributed by atoms with Crippen LogP contribution in [0.4, 0.5) is 8.78 Å². The Balaban J connectivity index is 2.18. The first kappa shape index (κ1) is 16.1. The van der Waals surface area contributed by atoms with E-state index in [2.05, 4.69) is 6.92 Å². The van der Waals surface area contributed by atoms with Gasteiger partial charge in [-0.25, -0.2) is 8.78 Å². The third-order valence-corrected chi connectivity index (χ3v) is 2.98. The van der Waals surface area contributed by atoms with E-state index in [9.17, 15) is 13.9 Å². The van der Waals surface area contributed by atoms with E-state index in [1.807, 2.05) is 0 Å². The first-order chi connectivity index (χ1) is 9.13. The van der Waals surface area contributed by atoms with Crippen LogP contribution in [0.1, 0.15) is 51.0 Å². The number of aliphatic hydroxyl groups is 1. The van der Waals surface area contributed by atoms with Gasteiger partial charge in [0.2, 0.25) is 0 Å². The van der Waals surface area contributed by atoms with E-state index in [0.29, 0.717) is 12.0 Å². The highest BCUT2D eigenvalue weighted by Crippen LogP contribution is 2.12. The van der Waals surface area contributed by atoms with Gasteiger partial charge in [-0.3, -0.25) is 0 Å². The molecule has 2 nitrogen and oxygen atoms in total. The first-order valence-corrected chi connectivity index (χ1v) is 6.87. The molecule has 0 saturated heterocycles. The van der Waals surface area contributed by atoms with Gasteiger partial charge in [0.15, 0.2) is 17.9 Å². The molecule has 0 aliphatic rings. The lowest BCUT2D eigenvalue weighted by atomic mass is 10.1.